The van der Waals surface area contributed by atoms with Crippen LogP contribution in [0.1, 0.15) is 17.2 Å². The summed E-state index contributed by atoms with van der Waals surface area (Å²) in [6.07, 6.45) is -2.26. The molecule has 2 aromatic carbocycles. The molecule has 4 nitrogen and oxygen atoms in total. The number of alkyl halides is 2. The van der Waals surface area contributed by atoms with E-state index in [1.165, 1.54) is 18.2 Å². The molecule has 2 aromatic rings. The van der Waals surface area contributed by atoms with Gasteiger partial charge in [-0.3, -0.25) is 0 Å². The van der Waals surface area contributed by atoms with E-state index in [-0.39, 0.29) is 27.5 Å². The van der Waals surface area contributed by atoms with Crippen molar-refractivity contribution in [1.82, 2.24) is 0 Å². The largest absolute Gasteiger partial charge is 0.457 e. The maximum absolute atomic E-state index is 14.0. The Morgan fingerprint density at radius 1 is 1.28 bits per heavy atom. The van der Waals surface area contributed by atoms with Crippen LogP contribution in [0.2, 0.25) is 0 Å². The minimum Gasteiger partial charge on any atom is -0.457 e. The van der Waals surface area contributed by atoms with Gasteiger partial charge in [0.2, 0.25) is 0 Å². The molecular formula is C16H12BrF3O4S. The maximum atomic E-state index is 14.0. The fraction of sp³-hybridized carbons (Fsp3) is 0.250. The Bertz CT molecular complexity index is 940. The van der Waals surface area contributed by atoms with Crippen LogP contribution in [0.4, 0.5) is 13.2 Å². The lowest BCUT2D eigenvalue weighted by Gasteiger charge is -2.15. The highest BCUT2D eigenvalue weighted by atomic mass is 79.9. The Kier molecular flexibility index (Phi) is 4.37. The first-order valence-corrected chi connectivity index (χ1v) is 9.73. The first-order chi connectivity index (χ1) is 11.5. The summed E-state index contributed by atoms with van der Waals surface area (Å²) in [4.78, 5) is -0.375. The Morgan fingerprint density at radius 3 is 2.56 bits per heavy atom. The number of sulfone groups is 1. The molecular weight excluding hydrogens is 425 g/mol. The molecule has 0 saturated heterocycles. The first kappa shape index (κ1) is 18.2. The molecule has 0 bridgehead atoms. The van der Waals surface area contributed by atoms with Gasteiger partial charge in [0.15, 0.2) is 9.84 Å². The van der Waals surface area contributed by atoms with Gasteiger partial charge in [0.25, 0.3) is 5.92 Å². The molecule has 25 heavy (non-hydrogen) atoms. The quantitative estimate of drug-likeness (QED) is 0.789. The average Bonchev–Trinajstić information content (AvgIpc) is 2.68. The predicted octanol–water partition coefficient (Wildman–Crippen LogP) is 4.01. The third-order valence-corrected chi connectivity index (χ3v) is 5.44. The standard InChI is InChI=1S/C16H12BrF3O4S/c1-25(22,23)13-3-2-12(11-7-16(19,20)15(21)14(11)13)24-10-5-8(17)4-9(18)6-10/h2-6,15,21H,7H2,1H3. The molecule has 1 N–H and O–H groups in total. The van der Waals surface area contributed by atoms with Gasteiger partial charge in [0, 0.05) is 34.3 Å². The SMILES string of the molecule is CS(=O)(=O)c1ccc(Oc2cc(F)cc(Br)c2)c2c1C(O)C(F)(F)C2. The lowest BCUT2D eigenvalue weighted by atomic mass is 10.1. The number of fused-ring (bicyclic) bond motifs is 1. The van der Waals surface area contributed by atoms with Crippen molar-refractivity contribution in [3.8, 4) is 11.5 Å². The third-order valence-electron chi connectivity index (χ3n) is 3.82. The first-order valence-electron chi connectivity index (χ1n) is 7.05. The summed E-state index contributed by atoms with van der Waals surface area (Å²) < 4.78 is 71.0. The minimum absolute atomic E-state index is 0.0471. The summed E-state index contributed by atoms with van der Waals surface area (Å²) in [5.41, 5.74) is -0.485. The van der Waals surface area contributed by atoms with E-state index in [0.29, 0.717) is 4.47 Å². The number of benzene rings is 2. The third kappa shape index (κ3) is 3.40. The molecule has 1 aliphatic carbocycles. The number of hydrogen-bond donors (Lipinski definition) is 1. The van der Waals surface area contributed by atoms with E-state index in [9.17, 15) is 26.7 Å². The highest BCUT2D eigenvalue weighted by Gasteiger charge is 2.50. The normalized spacial score (nSPS) is 18.9. The van der Waals surface area contributed by atoms with E-state index < -0.39 is 34.1 Å². The Hall–Kier alpha value is -1.58. The zero-order valence-corrected chi connectivity index (χ0v) is 15.2. The molecule has 0 aromatic heterocycles. The molecule has 0 radical (unpaired) electrons. The van der Waals surface area contributed by atoms with Gasteiger partial charge in [0.05, 0.1) is 4.90 Å². The van der Waals surface area contributed by atoms with E-state index >= 15 is 0 Å². The second-order valence-electron chi connectivity index (χ2n) is 5.77. The molecule has 0 saturated carbocycles. The van der Waals surface area contributed by atoms with Gasteiger partial charge in [-0.05, 0) is 24.3 Å². The molecule has 1 aliphatic rings. The van der Waals surface area contributed by atoms with Crippen molar-refractivity contribution in [3.63, 3.8) is 0 Å². The van der Waals surface area contributed by atoms with E-state index in [2.05, 4.69) is 15.9 Å². The summed E-state index contributed by atoms with van der Waals surface area (Å²) >= 11 is 3.09. The van der Waals surface area contributed by atoms with Crippen LogP contribution in [-0.2, 0) is 16.3 Å². The second-order valence-corrected chi connectivity index (χ2v) is 8.67. The number of ether oxygens (including phenoxy) is 1. The van der Waals surface area contributed by atoms with Crippen LogP contribution in [0.5, 0.6) is 11.5 Å². The van der Waals surface area contributed by atoms with E-state index in [4.69, 9.17) is 4.74 Å². The average molecular weight is 437 g/mol. The zero-order chi connectivity index (χ0) is 18.6. The summed E-state index contributed by atoms with van der Waals surface area (Å²) in [7, 11) is -3.83. The zero-order valence-electron chi connectivity index (χ0n) is 12.8. The molecule has 1 unspecified atom stereocenters. The van der Waals surface area contributed by atoms with E-state index in [1.54, 1.807) is 0 Å². The molecule has 0 amide bonds. The molecule has 0 fully saturated rings. The fourth-order valence-corrected chi connectivity index (χ4v) is 4.18. The summed E-state index contributed by atoms with van der Waals surface area (Å²) in [5, 5.41) is 9.89. The molecule has 0 heterocycles. The highest BCUT2D eigenvalue weighted by molar-refractivity contribution is 9.10. The predicted molar refractivity (Wildman–Crippen MR) is 87.3 cm³/mol. The van der Waals surface area contributed by atoms with Crippen LogP contribution in [0.15, 0.2) is 39.7 Å². The van der Waals surface area contributed by atoms with E-state index in [0.717, 1.165) is 18.4 Å². The van der Waals surface area contributed by atoms with E-state index in [1.807, 2.05) is 0 Å². The van der Waals surface area contributed by atoms with Gasteiger partial charge >= 0.3 is 0 Å². The van der Waals surface area contributed by atoms with Crippen molar-refractivity contribution >= 4 is 25.8 Å². The topological polar surface area (TPSA) is 63.6 Å². The van der Waals surface area contributed by atoms with Gasteiger partial charge in [-0.1, -0.05) is 15.9 Å². The Labute approximate surface area is 150 Å². The number of hydrogen-bond acceptors (Lipinski definition) is 4. The molecule has 134 valence electrons. The van der Waals surface area contributed by atoms with Gasteiger partial charge in [0.1, 0.15) is 23.4 Å². The van der Waals surface area contributed by atoms with Crippen molar-refractivity contribution in [2.75, 3.05) is 6.26 Å². The summed E-state index contributed by atoms with van der Waals surface area (Å²) in [5.74, 6) is -4.13. The van der Waals surface area contributed by atoms with Crippen LogP contribution in [0.25, 0.3) is 0 Å². The van der Waals surface area contributed by atoms with Crippen LogP contribution in [0.3, 0.4) is 0 Å². The van der Waals surface area contributed by atoms with Crippen molar-refractivity contribution in [2.24, 2.45) is 0 Å². The van der Waals surface area contributed by atoms with Crippen molar-refractivity contribution in [3.05, 3.63) is 51.7 Å². The van der Waals surface area contributed by atoms with Gasteiger partial charge in [-0.15, -0.1) is 0 Å². The Morgan fingerprint density at radius 2 is 1.96 bits per heavy atom. The van der Waals surface area contributed by atoms with Crippen molar-refractivity contribution in [1.29, 1.82) is 0 Å². The molecule has 0 spiro atoms. The minimum atomic E-state index is -3.83. The van der Waals surface area contributed by atoms with Crippen LogP contribution >= 0.6 is 15.9 Å². The summed E-state index contributed by atoms with van der Waals surface area (Å²) in [6.45, 7) is 0. The lowest BCUT2D eigenvalue weighted by molar-refractivity contribution is -0.0976. The fourth-order valence-electron chi connectivity index (χ4n) is 2.78. The smallest absolute Gasteiger partial charge is 0.281 e. The Balaban J connectivity index is 2.15. The monoisotopic (exact) mass is 436 g/mol. The van der Waals surface area contributed by atoms with Gasteiger partial charge < -0.3 is 9.84 Å². The van der Waals surface area contributed by atoms with Crippen LogP contribution in [-0.4, -0.2) is 25.7 Å². The number of aliphatic hydroxyl groups is 1. The lowest BCUT2D eigenvalue weighted by Crippen LogP contribution is -2.22. The maximum Gasteiger partial charge on any atom is 0.281 e. The highest BCUT2D eigenvalue weighted by Crippen LogP contribution is 2.49. The number of halogens is 4. The van der Waals surface area contributed by atoms with Gasteiger partial charge in [-0.25, -0.2) is 21.6 Å². The van der Waals surface area contributed by atoms with Crippen LogP contribution < -0.4 is 4.74 Å². The molecule has 3 rings (SSSR count). The van der Waals surface area contributed by atoms with Gasteiger partial charge in [-0.2, -0.15) is 0 Å². The summed E-state index contributed by atoms with van der Waals surface area (Å²) in [6, 6.07) is 6.02. The van der Waals surface area contributed by atoms with Crippen molar-refractivity contribution in [2.45, 2.75) is 23.3 Å². The number of aliphatic hydroxyl groups excluding tert-OH is 1. The molecule has 1 atom stereocenters. The second kappa shape index (κ2) is 6.00. The van der Waals surface area contributed by atoms with Crippen molar-refractivity contribution < 1.29 is 31.4 Å². The van der Waals surface area contributed by atoms with Crippen LogP contribution in [0, 0.1) is 5.82 Å². The molecule has 0 aliphatic heterocycles. The molecule has 9 heteroatoms. The number of rotatable bonds is 3.